The summed E-state index contributed by atoms with van der Waals surface area (Å²) in [4.78, 5) is 4.30. The number of hydrogen-bond donors (Lipinski definition) is 2. The van der Waals surface area contributed by atoms with Gasteiger partial charge in [0.25, 0.3) is 0 Å². The third kappa shape index (κ3) is 3.93. The van der Waals surface area contributed by atoms with Crippen molar-refractivity contribution in [2.45, 2.75) is 38.1 Å². The molecule has 0 aliphatic rings. The molecule has 0 saturated carbocycles. The molecule has 3 N–H and O–H groups in total. The second-order valence-corrected chi connectivity index (χ2v) is 4.93. The zero-order chi connectivity index (χ0) is 12.7. The standard InChI is InChI=1S/C12H19N3OS/c1-3-4-5-8-17-12-10(11(13)15-16)9(2)6-7-14-12/h6-7,16H,3-5,8H2,1-2H3,(H2,13,15). The maximum atomic E-state index is 8.77. The second kappa shape index (κ2) is 7.17. The van der Waals surface area contributed by atoms with Crippen molar-refractivity contribution in [2.24, 2.45) is 10.9 Å². The van der Waals surface area contributed by atoms with Gasteiger partial charge in [-0.1, -0.05) is 24.9 Å². The predicted octanol–water partition coefficient (Wildman–Crippen LogP) is 2.77. The molecule has 5 heteroatoms. The molecular weight excluding hydrogens is 234 g/mol. The molecule has 94 valence electrons. The second-order valence-electron chi connectivity index (χ2n) is 3.85. The van der Waals surface area contributed by atoms with Crippen LogP contribution >= 0.6 is 11.8 Å². The van der Waals surface area contributed by atoms with Crippen LogP contribution in [-0.2, 0) is 0 Å². The number of thioether (sulfide) groups is 1. The first kappa shape index (κ1) is 13.8. The van der Waals surface area contributed by atoms with Crippen LogP contribution in [0, 0.1) is 6.92 Å². The molecule has 0 spiro atoms. The average Bonchev–Trinajstić information content (AvgIpc) is 2.34. The number of amidine groups is 1. The van der Waals surface area contributed by atoms with Crippen molar-refractivity contribution in [3.8, 4) is 0 Å². The minimum atomic E-state index is 0.133. The lowest BCUT2D eigenvalue weighted by Gasteiger charge is -2.09. The first-order chi connectivity index (χ1) is 8.20. The van der Waals surface area contributed by atoms with Crippen LogP contribution in [0.3, 0.4) is 0 Å². The zero-order valence-electron chi connectivity index (χ0n) is 10.3. The Bertz CT molecular complexity index is 393. The molecular formula is C12H19N3OS. The van der Waals surface area contributed by atoms with Gasteiger partial charge in [-0.2, -0.15) is 0 Å². The molecule has 0 fully saturated rings. The van der Waals surface area contributed by atoms with Gasteiger partial charge in [-0.15, -0.1) is 11.8 Å². The molecule has 17 heavy (non-hydrogen) atoms. The summed E-state index contributed by atoms with van der Waals surface area (Å²) >= 11 is 1.66. The van der Waals surface area contributed by atoms with Crippen molar-refractivity contribution in [3.63, 3.8) is 0 Å². The summed E-state index contributed by atoms with van der Waals surface area (Å²) < 4.78 is 0. The summed E-state index contributed by atoms with van der Waals surface area (Å²) in [6.45, 7) is 4.11. The maximum Gasteiger partial charge on any atom is 0.173 e. The number of nitrogens with two attached hydrogens (primary N) is 1. The highest BCUT2D eigenvalue weighted by molar-refractivity contribution is 7.99. The van der Waals surface area contributed by atoms with E-state index in [0.29, 0.717) is 0 Å². The number of hydrogen-bond acceptors (Lipinski definition) is 4. The minimum Gasteiger partial charge on any atom is -0.409 e. The van der Waals surface area contributed by atoms with E-state index >= 15 is 0 Å². The summed E-state index contributed by atoms with van der Waals surface area (Å²) in [6.07, 6.45) is 5.34. The van der Waals surface area contributed by atoms with Gasteiger partial charge in [-0.05, 0) is 30.7 Å². The van der Waals surface area contributed by atoms with Crippen LogP contribution in [-0.4, -0.2) is 21.8 Å². The monoisotopic (exact) mass is 253 g/mol. The van der Waals surface area contributed by atoms with Crippen LogP contribution < -0.4 is 5.73 Å². The van der Waals surface area contributed by atoms with Gasteiger partial charge in [-0.25, -0.2) is 4.98 Å². The van der Waals surface area contributed by atoms with Crippen molar-refractivity contribution >= 4 is 17.6 Å². The van der Waals surface area contributed by atoms with Crippen molar-refractivity contribution in [1.29, 1.82) is 0 Å². The van der Waals surface area contributed by atoms with Crippen molar-refractivity contribution in [3.05, 3.63) is 23.4 Å². The fourth-order valence-electron chi connectivity index (χ4n) is 1.53. The topological polar surface area (TPSA) is 71.5 Å². The molecule has 0 aromatic carbocycles. The Kier molecular flexibility index (Phi) is 5.83. The Morgan fingerprint density at radius 1 is 1.53 bits per heavy atom. The summed E-state index contributed by atoms with van der Waals surface area (Å²) in [5, 5.41) is 12.7. The third-order valence-electron chi connectivity index (χ3n) is 2.48. The van der Waals surface area contributed by atoms with E-state index in [9.17, 15) is 0 Å². The summed E-state index contributed by atoms with van der Waals surface area (Å²) in [7, 11) is 0. The van der Waals surface area contributed by atoms with Crippen LogP contribution in [0.15, 0.2) is 22.4 Å². The molecule has 0 unspecified atom stereocenters. The molecule has 0 saturated heterocycles. The lowest BCUT2D eigenvalue weighted by molar-refractivity contribution is 0.318. The Morgan fingerprint density at radius 3 is 2.94 bits per heavy atom. The SMILES string of the molecule is CCCCCSc1nccc(C)c1/C(N)=N/O. The van der Waals surface area contributed by atoms with Gasteiger partial charge in [0.15, 0.2) is 5.84 Å². The molecule has 1 aromatic rings. The van der Waals surface area contributed by atoms with E-state index < -0.39 is 0 Å². The van der Waals surface area contributed by atoms with Gasteiger partial charge in [0.05, 0.1) is 5.56 Å². The van der Waals surface area contributed by atoms with E-state index in [1.54, 1.807) is 18.0 Å². The summed E-state index contributed by atoms with van der Waals surface area (Å²) in [5.41, 5.74) is 7.40. The van der Waals surface area contributed by atoms with Gasteiger partial charge in [-0.3, -0.25) is 0 Å². The first-order valence-electron chi connectivity index (χ1n) is 5.77. The van der Waals surface area contributed by atoms with E-state index in [4.69, 9.17) is 10.9 Å². The van der Waals surface area contributed by atoms with Gasteiger partial charge >= 0.3 is 0 Å². The fourth-order valence-corrected chi connectivity index (χ4v) is 2.61. The Balaban J connectivity index is 2.80. The van der Waals surface area contributed by atoms with Gasteiger partial charge < -0.3 is 10.9 Å². The summed E-state index contributed by atoms with van der Waals surface area (Å²) in [5.74, 6) is 1.14. The van der Waals surface area contributed by atoms with Gasteiger partial charge in [0, 0.05) is 6.20 Å². The van der Waals surface area contributed by atoms with Gasteiger partial charge in [0.1, 0.15) is 5.03 Å². The number of aryl methyl sites for hydroxylation is 1. The van der Waals surface area contributed by atoms with Crippen LogP contribution in [0.25, 0.3) is 0 Å². The molecule has 0 atom stereocenters. The van der Waals surface area contributed by atoms with Crippen molar-refractivity contribution in [2.75, 3.05) is 5.75 Å². The number of pyridine rings is 1. The molecule has 4 nitrogen and oxygen atoms in total. The van der Waals surface area contributed by atoms with Gasteiger partial charge in [0.2, 0.25) is 0 Å². The van der Waals surface area contributed by atoms with Crippen LogP contribution in [0.2, 0.25) is 0 Å². The quantitative estimate of drug-likeness (QED) is 0.204. The Morgan fingerprint density at radius 2 is 2.29 bits per heavy atom. The average molecular weight is 253 g/mol. The van der Waals surface area contributed by atoms with E-state index in [0.717, 1.165) is 28.3 Å². The number of nitrogens with zero attached hydrogens (tertiary/aromatic N) is 2. The number of oxime groups is 1. The van der Waals surface area contributed by atoms with E-state index in [1.165, 1.54) is 12.8 Å². The minimum absolute atomic E-state index is 0.133. The molecule has 1 heterocycles. The van der Waals surface area contributed by atoms with Crippen LogP contribution in [0.1, 0.15) is 37.3 Å². The summed E-state index contributed by atoms with van der Waals surface area (Å²) in [6, 6.07) is 1.86. The predicted molar refractivity (Wildman–Crippen MR) is 71.7 cm³/mol. The highest BCUT2D eigenvalue weighted by Crippen LogP contribution is 2.23. The number of unbranched alkanes of at least 4 members (excludes halogenated alkanes) is 2. The van der Waals surface area contributed by atoms with Crippen molar-refractivity contribution < 1.29 is 5.21 Å². The molecule has 0 aliphatic heterocycles. The zero-order valence-corrected chi connectivity index (χ0v) is 11.1. The van der Waals surface area contributed by atoms with E-state index in [1.807, 2.05) is 13.0 Å². The van der Waals surface area contributed by atoms with Crippen LogP contribution in [0.5, 0.6) is 0 Å². The highest BCUT2D eigenvalue weighted by atomic mass is 32.2. The lowest BCUT2D eigenvalue weighted by Crippen LogP contribution is -2.16. The highest BCUT2D eigenvalue weighted by Gasteiger charge is 2.11. The lowest BCUT2D eigenvalue weighted by atomic mass is 10.1. The Hall–Kier alpha value is -1.23. The van der Waals surface area contributed by atoms with Crippen LogP contribution in [0.4, 0.5) is 0 Å². The third-order valence-corrected chi connectivity index (χ3v) is 3.55. The first-order valence-corrected chi connectivity index (χ1v) is 6.75. The van der Waals surface area contributed by atoms with E-state index in [-0.39, 0.29) is 5.84 Å². The Labute approximate surface area is 106 Å². The molecule has 0 amide bonds. The number of rotatable bonds is 6. The molecule has 0 aliphatic carbocycles. The smallest absolute Gasteiger partial charge is 0.173 e. The molecule has 1 rings (SSSR count). The maximum absolute atomic E-state index is 8.77. The van der Waals surface area contributed by atoms with E-state index in [2.05, 4.69) is 17.1 Å². The van der Waals surface area contributed by atoms with Crippen molar-refractivity contribution in [1.82, 2.24) is 4.98 Å². The normalized spacial score (nSPS) is 11.8. The largest absolute Gasteiger partial charge is 0.409 e. The molecule has 0 radical (unpaired) electrons. The fraction of sp³-hybridized carbons (Fsp3) is 0.500. The molecule has 1 aromatic heterocycles. The number of aromatic nitrogens is 1. The molecule has 0 bridgehead atoms.